The van der Waals surface area contributed by atoms with Crippen molar-refractivity contribution in [1.29, 1.82) is 0 Å². The minimum Gasteiger partial charge on any atom is -0.326 e. The number of hydrogen-bond donors (Lipinski definition) is 1. The van der Waals surface area contributed by atoms with Crippen LogP contribution in [-0.4, -0.2) is 39.4 Å². The van der Waals surface area contributed by atoms with Crippen LogP contribution >= 0.6 is 11.6 Å². The summed E-state index contributed by atoms with van der Waals surface area (Å²) in [6, 6.07) is 0.0151. The van der Waals surface area contributed by atoms with Gasteiger partial charge in [0, 0.05) is 24.5 Å². The van der Waals surface area contributed by atoms with E-state index in [9.17, 15) is 0 Å². The first kappa shape index (κ1) is 17.5. The molecule has 4 nitrogen and oxygen atoms in total. The Balaban J connectivity index is 2.98. The van der Waals surface area contributed by atoms with Crippen molar-refractivity contribution in [3.05, 3.63) is 16.4 Å². The van der Waals surface area contributed by atoms with Gasteiger partial charge in [-0.25, -0.2) is 0 Å². The summed E-state index contributed by atoms with van der Waals surface area (Å²) in [5.41, 5.74) is 8.37. The fraction of sp³-hybridized carbons (Fsp3) is 0.800. The molecule has 0 aromatic carbocycles. The van der Waals surface area contributed by atoms with Crippen LogP contribution in [0.2, 0.25) is 5.02 Å². The maximum Gasteiger partial charge on any atom is 0.0847 e. The van der Waals surface area contributed by atoms with E-state index < -0.39 is 0 Å². The monoisotopic (exact) mass is 300 g/mol. The third-order valence-corrected chi connectivity index (χ3v) is 4.84. The largest absolute Gasteiger partial charge is 0.326 e. The summed E-state index contributed by atoms with van der Waals surface area (Å²) in [4.78, 5) is 2.39. The van der Waals surface area contributed by atoms with E-state index in [4.69, 9.17) is 17.3 Å². The van der Waals surface area contributed by atoms with Gasteiger partial charge in [0.15, 0.2) is 0 Å². The second-order valence-electron chi connectivity index (χ2n) is 5.80. The Hall–Kier alpha value is -0.580. The van der Waals surface area contributed by atoms with Crippen LogP contribution in [0.1, 0.15) is 46.0 Å². The molecule has 1 aromatic rings. The Labute approximate surface area is 128 Å². The predicted molar refractivity (Wildman–Crippen MR) is 86.3 cm³/mol. The van der Waals surface area contributed by atoms with Crippen LogP contribution in [-0.2, 0) is 13.0 Å². The standard InChI is InChI=1S/C15H29ClN4/c1-7-19(8-2)15(5,6)13(17)10-12-14(16)11(4)18-20(12)9-3/h13H,7-10,17H2,1-6H3. The summed E-state index contributed by atoms with van der Waals surface area (Å²) in [5.74, 6) is 0. The van der Waals surface area contributed by atoms with Gasteiger partial charge in [0.1, 0.15) is 0 Å². The molecule has 0 amide bonds. The Bertz CT molecular complexity index is 435. The second-order valence-corrected chi connectivity index (χ2v) is 6.18. The van der Waals surface area contributed by atoms with Gasteiger partial charge in [0.25, 0.3) is 0 Å². The molecule has 2 N–H and O–H groups in total. The lowest BCUT2D eigenvalue weighted by Crippen LogP contribution is -2.57. The molecule has 116 valence electrons. The van der Waals surface area contributed by atoms with Crippen LogP contribution in [0.5, 0.6) is 0 Å². The van der Waals surface area contributed by atoms with Crippen LogP contribution in [0.25, 0.3) is 0 Å². The average molecular weight is 301 g/mol. The first-order chi connectivity index (χ1) is 9.29. The summed E-state index contributed by atoms with van der Waals surface area (Å²) in [6.07, 6.45) is 0.747. The summed E-state index contributed by atoms with van der Waals surface area (Å²) in [7, 11) is 0. The van der Waals surface area contributed by atoms with E-state index in [0.717, 1.165) is 42.5 Å². The van der Waals surface area contributed by atoms with E-state index in [2.05, 4.69) is 44.6 Å². The van der Waals surface area contributed by atoms with Gasteiger partial charge in [-0.3, -0.25) is 9.58 Å². The zero-order valence-electron chi connectivity index (χ0n) is 13.7. The third kappa shape index (κ3) is 3.35. The van der Waals surface area contributed by atoms with Gasteiger partial charge in [0.2, 0.25) is 0 Å². The highest BCUT2D eigenvalue weighted by Gasteiger charge is 2.32. The number of hydrogen-bond acceptors (Lipinski definition) is 3. The molecule has 0 radical (unpaired) electrons. The van der Waals surface area contributed by atoms with Gasteiger partial charge in [-0.05, 0) is 40.8 Å². The highest BCUT2D eigenvalue weighted by atomic mass is 35.5. The SMILES string of the molecule is CCN(CC)C(C)(C)C(N)Cc1c(Cl)c(C)nn1CC. The smallest absolute Gasteiger partial charge is 0.0847 e. The Morgan fingerprint density at radius 1 is 1.30 bits per heavy atom. The van der Waals surface area contributed by atoms with E-state index >= 15 is 0 Å². The predicted octanol–water partition coefficient (Wildman–Crippen LogP) is 2.86. The first-order valence-corrected chi connectivity index (χ1v) is 7.89. The maximum absolute atomic E-state index is 6.50. The minimum absolute atomic E-state index is 0.0151. The van der Waals surface area contributed by atoms with Crippen LogP contribution in [0.15, 0.2) is 0 Å². The van der Waals surface area contributed by atoms with Crippen molar-refractivity contribution in [3.8, 4) is 0 Å². The Morgan fingerprint density at radius 3 is 2.30 bits per heavy atom. The molecule has 5 heteroatoms. The average Bonchev–Trinajstić information content (AvgIpc) is 2.67. The maximum atomic E-state index is 6.50. The highest BCUT2D eigenvalue weighted by Crippen LogP contribution is 2.26. The molecule has 0 aliphatic carbocycles. The van der Waals surface area contributed by atoms with Crippen molar-refractivity contribution >= 4 is 11.6 Å². The number of likely N-dealkylation sites (N-methyl/N-ethyl adjacent to an activating group) is 1. The molecule has 1 heterocycles. The van der Waals surface area contributed by atoms with Crippen LogP contribution in [0.3, 0.4) is 0 Å². The van der Waals surface area contributed by atoms with Crippen molar-refractivity contribution in [2.45, 2.75) is 66.1 Å². The van der Waals surface area contributed by atoms with E-state index in [1.165, 1.54) is 0 Å². The second kappa shape index (κ2) is 6.92. The molecule has 0 saturated carbocycles. The van der Waals surface area contributed by atoms with Gasteiger partial charge >= 0.3 is 0 Å². The lowest BCUT2D eigenvalue weighted by molar-refractivity contribution is 0.106. The van der Waals surface area contributed by atoms with Gasteiger partial charge in [-0.1, -0.05) is 25.4 Å². The molecule has 0 saturated heterocycles. The molecule has 0 aliphatic rings. The van der Waals surface area contributed by atoms with Crippen molar-refractivity contribution in [2.24, 2.45) is 5.73 Å². The van der Waals surface area contributed by atoms with Crippen molar-refractivity contribution in [2.75, 3.05) is 13.1 Å². The summed E-state index contributed by atoms with van der Waals surface area (Å²) in [6.45, 7) is 15.6. The number of rotatable bonds is 7. The normalized spacial score (nSPS) is 14.1. The van der Waals surface area contributed by atoms with Crippen LogP contribution in [0.4, 0.5) is 0 Å². The van der Waals surface area contributed by atoms with Gasteiger partial charge in [-0.15, -0.1) is 0 Å². The number of nitrogens with two attached hydrogens (primary N) is 1. The quantitative estimate of drug-likeness (QED) is 0.842. The van der Waals surface area contributed by atoms with Crippen LogP contribution < -0.4 is 5.73 Å². The van der Waals surface area contributed by atoms with Crippen molar-refractivity contribution < 1.29 is 0 Å². The lowest BCUT2D eigenvalue weighted by Gasteiger charge is -2.42. The van der Waals surface area contributed by atoms with Crippen molar-refractivity contribution in [1.82, 2.24) is 14.7 Å². The van der Waals surface area contributed by atoms with E-state index in [0.29, 0.717) is 0 Å². The summed E-state index contributed by atoms with van der Waals surface area (Å²) in [5, 5.41) is 5.23. The first-order valence-electron chi connectivity index (χ1n) is 7.51. The molecule has 1 aromatic heterocycles. The third-order valence-electron chi connectivity index (χ3n) is 4.35. The summed E-state index contributed by atoms with van der Waals surface area (Å²) < 4.78 is 1.97. The molecule has 0 aliphatic heterocycles. The highest BCUT2D eigenvalue weighted by molar-refractivity contribution is 6.31. The number of halogens is 1. The van der Waals surface area contributed by atoms with Gasteiger partial charge in [0.05, 0.1) is 16.4 Å². The number of aryl methyl sites for hydroxylation is 2. The number of aromatic nitrogens is 2. The fourth-order valence-corrected chi connectivity index (χ4v) is 3.01. The molecule has 1 rings (SSSR count). The number of nitrogens with zero attached hydrogens (tertiary/aromatic N) is 3. The minimum atomic E-state index is -0.0659. The molecule has 1 unspecified atom stereocenters. The Morgan fingerprint density at radius 2 is 1.85 bits per heavy atom. The van der Waals surface area contributed by atoms with E-state index in [-0.39, 0.29) is 11.6 Å². The molecule has 20 heavy (non-hydrogen) atoms. The van der Waals surface area contributed by atoms with Crippen molar-refractivity contribution in [3.63, 3.8) is 0 Å². The van der Waals surface area contributed by atoms with Gasteiger partial charge in [-0.2, -0.15) is 5.10 Å². The molecule has 0 fully saturated rings. The lowest BCUT2D eigenvalue weighted by atomic mass is 9.89. The zero-order chi connectivity index (χ0) is 15.5. The zero-order valence-corrected chi connectivity index (χ0v) is 14.5. The Kier molecular flexibility index (Phi) is 6.05. The topological polar surface area (TPSA) is 47.1 Å². The van der Waals surface area contributed by atoms with Crippen LogP contribution in [0, 0.1) is 6.92 Å². The molecule has 1 atom stereocenters. The molecule has 0 spiro atoms. The fourth-order valence-electron chi connectivity index (χ4n) is 2.80. The van der Waals surface area contributed by atoms with E-state index in [1.54, 1.807) is 0 Å². The molecular formula is C15H29ClN4. The summed E-state index contributed by atoms with van der Waals surface area (Å²) >= 11 is 6.38. The van der Waals surface area contributed by atoms with Gasteiger partial charge < -0.3 is 5.73 Å². The molecule has 0 bridgehead atoms. The molecular weight excluding hydrogens is 272 g/mol. The van der Waals surface area contributed by atoms with E-state index in [1.807, 2.05) is 11.6 Å².